The molecule has 0 aliphatic carbocycles. The number of aryl methyl sites for hydroxylation is 1. The molecule has 2 aromatic heterocycles. The number of hydrogen-bond donors (Lipinski definition) is 0. The summed E-state index contributed by atoms with van der Waals surface area (Å²) >= 11 is 3.08. The Labute approximate surface area is 241 Å². The fourth-order valence-corrected chi connectivity index (χ4v) is 7.06. The van der Waals surface area contributed by atoms with Crippen molar-refractivity contribution >= 4 is 50.3 Å². The van der Waals surface area contributed by atoms with Gasteiger partial charge in [-0.05, 0) is 68.4 Å². The zero-order valence-electron chi connectivity index (χ0n) is 22.5. The summed E-state index contributed by atoms with van der Waals surface area (Å²) in [5.74, 6) is 1.56. The van der Waals surface area contributed by atoms with Gasteiger partial charge in [0.1, 0.15) is 33.2 Å². The van der Waals surface area contributed by atoms with Crippen molar-refractivity contribution in [2.75, 3.05) is 19.1 Å². The number of para-hydroxylation sites is 1. The molecule has 6 rings (SSSR count). The number of ether oxygens (including phenoxy) is 2. The third kappa shape index (κ3) is 4.43. The van der Waals surface area contributed by atoms with Gasteiger partial charge in [-0.1, -0.05) is 30.0 Å². The van der Waals surface area contributed by atoms with E-state index >= 15 is 0 Å². The molecule has 3 aromatic carbocycles. The van der Waals surface area contributed by atoms with Crippen LogP contribution in [0.1, 0.15) is 22.0 Å². The van der Waals surface area contributed by atoms with E-state index in [-0.39, 0.29) is 0 Å². The molecule has 6 nitrogen and oxygen atoms in total. The van der Waals surface area contributed by atoms with E-state index in [0.29, 0.717) is 10.6 Å². The van der Waals surface area contributed by atoms with Crippen LogP contribution in [0.3, 0.4) is 0 Å². The lowest BCUT2D eigenvalue weighted by Crippen LogP contribution is -2.17. The number of anilines is 1. The molecule has 0 atom stereocenters. The number of thioether (sulfide) groups is 1. The van der Waals surface area contributed by atoms with Crippen molar-refractivity contribution in [2.45, 2.75) is 13.8 Å². The normalized spacial score (nSPS) is 14.3. The highest BCUT2D eigenvalue weighted by molar-refractivity contribution is 8.06. The average Bonchev–Trinajstić information content (AvgIpc) is 3.69. The minimum absolute atomic E-state index is 0.546. The lowest BCUT2D eigenvalue weighted by molar-refractivity contribution is 0.414. The van der Waals surface area contributed by atoms with Crippen LogP contribution < -0.4 is 14.4 Å². The molecule has 1 aliphatic rings. The van der Waals surface area contributed by atoms with Crippen LogP contribution in [-0.2, 0) is 0 Å². The summed E-state index contributed by atoms with van der Waals surface area (Å²) in [7, 11) is 3.33. The maximum atomic E-state index is 10.4. The molecule has 0 amide bonds. The molecule has 0 fully saturated rings. The number of fused-ring (bicyclic) bond motifs is 1. The molecule has 1 aliphatic heterocycles. The highest BCUT2D eigenvalue weighted by atomic mass is 32.2. The van der Waals surface area contributed by atoms with Crippen molar-refractivity contribution in [2.24, 2.45) is 0 Å². The molecular weight excluding hydrogens is 537 g/mol. The van der Waals surface area contributed by atoms with Gasteiger partial charge in [0.05, 0.1) is 35.8 Å². The first-order valence-corrected chi connectivity index (χ1v) is 14.4. The maximum Gasteiger partial charge on any atom is 0.137 e. The van der Waals surface area contributed by atoms with Gasteiger partial charge >= 0.3 is 0 Å². The molecule has 0 bridgehead atoms. The van der Waals surface area contributed by atoms with Gasteiger partial charge < -0.3 is 18.9 Å². The van der Waals surface area contributed by atoms with Crippen LogP contribution in [0.5, 0.6) is 11.5 Å². The second kappa shape index (κ2) is 10.6. The van der Waals surface area contributed by atoms with Gasteiger partial charge in [0, 0.05) is 34.1 Å². The molecule has 0 radical (unpaired) electrons. The maximum absolute atomic E-state index is 10.4. The summed E-state index contributed by atoms with van der Waals surface area (Å²) in [6.07, 6.45) is 0. The number of benzene rings is 3. The number of hydrogen-bond acceptors (Lipinski definition) is 7. The van der Waals surface area contributed by atoms with Crippen molar-refractivity contribution in [3.8, 4) is 23.3 Å². The average molecular weight is 563 g/mol. The third-order valence-electron chi connectivity index (χ3n) is 6.91. The number of allylic oxidation sites excluding steroid dienone is 1. The van der Waals surface area contributed by atoms with Crippen LogP contribution in [0.15, 0.2) is 89.3 Å². The van der Waals surface area contributed by atoms with E-state index in [1.165, 1.54) is 11.3 Å². The predicted molar refractivity (Wildman–Crippen MR) is 165 cm³/mol. The summed E-state index contributed by atoms with van der Waals surface area (Å²) < 4.78 is 14.2. The van der Waals surface area contributed by atoms with Crippen LogP contribution in [0, 0.1) is 25.2 Å². The van der Waals surface area contributed by atoms with Gasteiger partial charge in [0.25, 0.3) is 0 Å². The molecule has 0 unspecified atom stereocenters. The van der Waals surface area contributed by atoms with E-state index in [2.05, 4.69) is 53.0 Å². The number of rotatable bonds is 6. The highest BCUT2D eigenvalue weighted by Crippen LogP contribution is 2.48. The number of aromatic nitrogens is 2. The molecule has 0 saturated carbocycles. The second-order valence-electron chi connectivity index (χ2n) is 9.25. The number of nitrogens with zero attached hydrogens (tertiary/aromatic N) is 4. The van der Waals surface area contributed by atoms with E-state index in [0.717, 1.165) is 60.8 Å². The SMILES string of the molecule is COc1ccc(-n2c(C)cc(C3=CS/C(=C(\C#N)c4nc5ccccc5s4)N3c3cccc(OC)c3)c2C)cc1. The fourth-order valence-electron chi connectivity index (χ4n) is 5.00. The van der Waals surface area contributed by atoms with Crippen LogP contribution in [0.25, 0.3) is 27.2 Å². The summed E-state index contributed by atoms with van der Waals surface area (Å²) in [5, 5.41) is 14.1. The Kier molecular flexibility index (Phi) is 6.84. The van der Waals surface area contributed by atoms with Crippen molar-refractivity contribution in [1.82, 2.24) is 9.55 Å². The van der Waals surface area contributed by atoms with Crippen LogP contribution in [-0.4, -0.2) is 23.8 Å². The van der Waals surface area contributed by atoms with Crippen molar-refractivity contribution < 1.29 is 9.47 Å². The summed E-state index contributed by atoms with van der Waals surface area (Å²) in [6, 6.07) is 28.6. The Hall–Kier alpha value is -4.45. The first-order chi connectivity index (χ1) is 19.5. The highest BCUT2D eigenvalue weighted by Gasteiger charge is 2.31. The first-order valence-electron chi connectivity index (χ1n) is 12.7. The third-order valence-corrected chi connectivity index (χ3v) is 8.91. The van der Waals surface area contributed by atoms with Gasteiger partial charge in [-0.2, -0.15) is 5.26 Å². The smallest absolute Gasteiger partial charge is 0.137 e. The Morgan fingerprint density at radius 1 is 0.875 bits per heavy atom. The number of methoxy groups -OCH3 is 2. The van der Waals surface area contributed by atoms with E-state index in [1.807, 2.05) is 60.7 Å². The molecular formula is C32H26N4O2S2. The van der Waals surface area contributed by atoms with E-state index in [9.17, 15) is 5.26 Å². The molecule has 8 heteroatoms. The summed E-state index contributed by atoms with van der Waals surface area (Å²) in [4.78, 5) is 6.96. The number of nitriles is 1. The topological polar surface area (TPSA) is 63.3 Å². The zero-order valence-corrected chi connectivity index (χ0v) is 24.1. The summed E-state index contributed by atoms with van der Waals surface area (Å²) in [6.45, 7) is 4.24. The molecule has 5 aromatic rings. The minimum Gasteiger partial charge on any atom is -0.497 e. The monoisotopic (exact) mass is 562 g/mol. The Bertz CT molecular complexity index is 1810. The standard InChI is InChI=1S/C32H26N4O2S2/c1-20-16-26(21(2)35(20)22-12-14-24(37-3)15-13-22)29-19-39-32(36(29)23-8-7-9-25(17-23)38-4)27(18-33)31-34-28-10-5-6-11-30(28)40-31/h5-17,19H,1-4H3/b32-27+. The predicted octanol–water partition coefficient (Wildman–Crippen LogP) is 8.17. The lowest BCUT2D eigenvalue weighted by atomic mass is 10.1. The van der Waals surface area contributed by atoms with Crippen molar-refractivity contribution in [3.63, 3.8) is 0 Å². The lowest BCUT2D eigenvalue weighted by Gasteiger charge is -2.25. The molecule has 198 valence electrons. The minimum atomic E-state index is 0.546. The van der Waals surface area contributed by atoms with Crippen LogP contribution in [0.2, 0.25) is 0 Å². The van der Waals surface area contributed by atoms with Gasteiger partial charge in [0.2, 0.25) is 0 Å². The van der Waals surface area contributed by atoms with Gasteiger partial charge in [0.15, 0.2) is 0 Å². The quantitative estimate of drug-likeness (QED) is 0.195. The molecule has 0 saturated heterocycles. The Morgan fingerprint density at radius 3 is 2.38 bits per heavy atom. The summed E-state index contributed by atoms with van der Waals surface area (Å²) in [5.41, 5.74) is 7.70. The van der Waals surface area contributed by atoms with Crippen molar-refractivity contribution in [3.05, 3.63) is 111 Å². The Balaban J connectivity index is 1.51. The van der Waals surface area contributed by atoms with Gasteiger partial charge in [-0.3, -0.25) is 0 Å². The van der Waals surface area contributed by atoms with Gasteiger partial charge in [-0.25, -0.2) is 4.98 Å². The fraction of sp³-hybridized carbons (Fsp3) is 0.125. The van der Waals surface area contributed by atoms with Crippen LogP contribution in [0.4, 0.5) is 5.69 Å². The molecule has 3 heterocycles. The van der Waals surface area contributed by atoms with E-state index < -0.39 is 0 Å². The molecule has 40 heavy (non-hydrogen) atoms. The van der Waals surface area contributed by atoms with Gasteiger partial charge in [-0.15, -0.1) is 11.3 Å². The molecule has 0 spiro atoms. The van der Waals surface area contributed by atoms with E-state index in [1.54, 1.807) is 26.0 Å². The Morgan fingerprint density at radius 2 is 1.65 bits per heavy atom. The first kappa shape index (κ1) is 25.8. The van der Waals surface area contributed by atoms with E-state index in [4.69, 9.17) is 14.5 Å². The number of thiazole rings is 1. The van der Waals surface area contributed by atoms with Crippen molar-refractivity contribution in [1.29, 1.82) is 5.26 Å². The second-order valence-corrected chi connectivity index (χ2v) is 11.1. The van der Waals surface area contributed by atoms with Crippen LogP contribution >= 0.6 is 23.1 Å². The zero-order chi connectivity index (χ0) is 27.8. The molecule has 0 N–H and O–H groups in total. The largest absolute Gasteiger partial charge is 0.497 e.